The molecule has 0 aromatic heterocycles. The smallest absolute Gasteiger partial charge is 0.223 e. The van der Waals surface area contributed by atoms with Gasteiger partial charge in [-0.3, -0.25) is 9.79 Å². The average Bonchev–Trinajstić information content (AvgIpc) is 2.63. The number of nitrogens with zero attached hydrogens (tertiary/aromatic N) is 1. The van der Waals surface area contributed by atoms with E-state index in [0.29, 0.717) is 5.76 Å². The standard InChI is InChI=1S/C14H19NO3S/c1-13(2)8-14(12(15-13)19-5)7-6-9(16)10(17-3)11(14)18-4/h6-7H,8H2,1-5H3. The normalized spacial score (nSPS) is 28.9. The number of ether oxygens (including phenoxy) is 2. The van der Waals surface area contributed by atoms with Gasteiger partial charge in [-0.1, -0.05) is 6.08 Å². The molecule has 2 rings (SSSR count). The highest BCUT2D eigenvalue weighted by atomic mass is 32.2. The summed E-state index contributed by atoms with van der Waals surface area (Å²) in [5.74, 6) is 0.695. The van der Waals surface area contributed by atoms with Gasteiger partial charge in [0.1, 0.15) is 5.41 Å². The van der Waals surface area contributed by atoms with Crippen LogP contribution in [0.4, 0.5) is 0 Å². The Balaban J connectivity index is 2.61. The van der Waals surface area contributed by atoms with Crippen LogP contribution >= 0.6 is 11.8 Å². The van der Waals surface area contributed by atoms with Gasteiger partial charge in [-0.15, -0.1) is 11.8 Å². The fourth-order valence-corrected chi connectivity index (χ4v) is 3.80. The Morgan fingerprint density at radius 3 is 2.53 bits per heavy atom. The maximum atomic E-state index is 11.9. The highest BCUT2D eigenvalue weighted by molar-refractivity contribution is 8.13. The van der Waals surface area contributed by atoms with Crippen molar-refractivity contribution in [1.29, 1.82) is 0 Å². The molecular formula is C14H19NO3S. The topological polar surface area (TPSA) is 47.9 Å². The lowest BCUT2D eigenvalue weighted by Crippen LogP contribution is -2.34. The van der Waals surface area contributed by atoms with E-state index < -0.39 is 5.41 Å². The van der Waals surface area contributed by atoms with Crippen molar-refractivity contribution in [2.24, 2.45) is 10.4 Å². The number of aliphatic imine (C=N–C) groups is 1. The van der Waals surface area contributed by atoms with Crippen LogP contribution in [0.5, 0.6) is 0 Å². The lowest BCUT2D eigenvalue weighted by Gasteiger charge is -2.33. The van der Waals surface area contributed by atoms with E-state index in [0.717, 1.165) is 11.5 Å². The number of allylic oxidation sites excluding steroid dienone is 2. The molecule has 0 aromatic carbocycles. The zero-order valence-electron chi connectivity index (χ0n) is 11.9. The summed E-state index contributed by atoms with van der Waals surface area (Å²) < 4.78 is 10.8. The Bertz CT molecular complexity index is 505. The second-order valence-corrected chi connectivity index (χ2v) is 6.14. The van der Waals surface area contributed by atoms with Gasteiger partial charge in [0.15, 0.2) is 5.76 Å². The summed E-state index contributed by atoms with van der Waals surface area (Å²) in [7, 11) is 3.07. The maximum absolute atomic E-state index is 11.9. The number of thioether (sulfide) groups is 1. The summed E-state index contributed by atoms with van der Waals surface area (Å²) in [6.45, 7) is 4.17. The van der Waals surface area contributed by atoms with Gasteiger partial charge in [0, 0.05) is 0 Å². The van der Waals surface area contributed by atoms with E-state index in [9.17, 15) is 4.79 Å². The number of carbonyl (C=O) groups excluding carboxylic acids is 1. The van der Waals surface area contributed by atoms with E-state index in [2.05, 4.69) is 13.8 Å². The van der Waals surface area contributed by atoms with E-state index in [1.165, 1.54) is 7.11 Å². The molecule has 1 heterocycles. The molecule has 0 aromatic rings. The maximum Gasteiger partial charge on any atom is 0.223 e. The summed E-state index contributed by atoms with van der Waals surface area (Å²) in [5.41, 5.74) is -0.636. The minimum absolute atomic E-state index is 0.157. The lowest BCUT2D eigenvalue weighted by atomic mass is 9.76. The van der Waals surface area contributed by atoms with Crippen LogP contribution in [0.2, 0.25) is 0 Å². The third kappa shape index (κ3) is 2.10. The predicted octanol–water partition coefficient (Wildman–Crippen LogP) is 2.56. The number of hydrogen-bond acceptors (Lipinski definition) is 5. The minimum atomic E-state index is -0.461. The summed E-state index contributed by atoms with van der Waals surface area (Å²) in [6, 6.07) is 0. The summed E-state index contributed by atoms with van der Waals surface area (Å²) in [6.07, 6.45) is 6.23. The Morgan fingerprint density at radius 1 is 1.32 bits per heavy atom. The van der Waals surface area contributed by atoms with Crippen LogP contribution in [0.1, 0.15) is 20.3 Å². The molecule has 0 N–H and O–H groups in total. The molecule has 1 unspecified atom stereocenters. The molecule has 0 amide bonds. The number of hydrogen-bond donors (Lipinski definition) is 0. The van der Waals surface area contributed by atoms with Gasteiger partial charge in [-0.2, -0.15) is 0 Å². The molecule has 0 saturated heterocycles. The molecule has 2 aliphatic rings. The number of rotatable bonds is 2. The SMILES string of the molecule is COC1=C(OC)C2(C=CC1=O)CC(C)(C)N=C2SC. The van der Waals surface area contributed by atoms with Crippen molar-refractivity contribution in [2.75, 3.05) is 20.5 Å². The fourth-order valence-electron chi connectivity index (χ4n) is 2.86. The Labute approximate surface area is 117 Å². The van der Waals surface area contributed by atoms with Crippen LogP contribution in [0.3, 0.4) is 0 Å². The molecule has 0 radical (unpaired) electrons. The van der Waals surface area contributed by atoms with E-state index in [4.69, 9.17) is 14.5 Å². The van der Waals surface area contributed by atoms with Gasteiger partial charge in [0.05, 0.1) is 24.8 Å². The molecule has 1 aliphatic heterocycles. The van der Waals surface area contributed by atoms with Crippen molar-refractivity contribution in [3.05, 3.63) is 23.7 Å². The van der Waals surface area contributed by atoms with E-state index in [1.807, 2.05) is 12.3 Å². The number of ketones is 1. The van der Waals surface area contributed by atoms with Gasteiger partial charge in [-0.25, -0.2) is 0 Å². The Hall–Kier alpha value is -1.23. The predicted molar refractivity (Wildman–Crippen MR) is 77.3 cm³/mol. The van der Waals surface area contributed by atoms with Gasteiger partial charge in [0.2, 0.25) is 11.5 Å². The van der Waals surface area contributed by atoms with Crippen LogP contribution in [0.25, 0.3) is 0 Å². The van der Waals surface area contributed by atoms with Gasteiger partial charge < -0.3 is 9.47 Å². The van der Waals surface area contributed by atoms with E-state index in [1.54, 1.807) is 24.9 Å². The lowest BCUT2D eigenvalue weighted by molar-refractivity contribution is -0.115. The highest BCUT2D eigenvalue weighted by Gasteiger charge is 2.52. The molecule has 0 saturated carbocycles. The molecule has 104 valence electrons. The van der Waals surface area contributed by atoms with Crippen molar-refractivity contribution in [1.82, 2.24) is 0 Å². The minimum Gasteiger partial charge on any atom is -0.496 e. The van der Waals surface area contributed by atoms with E-state index in [-0.39, 0.29) is 17.1 Å². The van der Waals surface area contributed by atoms with Crippen LogP contribution in [-0.4, -0.2) is 36.8 Å². The van der Waals surface area contributed by atoms with Gasteiger partial charge in [-0.05, 0) is 32.6 Å². The average molecular weight is 281 g/mol. The molecule has 1 spiro atoms. The number of methoxy groups -OCH3 is 2. The first-order valence-corrected chi connectivity index (χ1v) is 7.33. The van der Waals surface area contributed by atoms with Crippen LogP contribution in [0.15, 0.2) is 28.7 Å². The summed E-state index contributed by atoms with van der Waals surface area (Å²) in [4.78, 5) is 16.6. The quantitative estimate of drug-likeness (QED) is 0.780. The van der Waals surface area contributed by atoms with Crippen molar-refractivity contribution in [2.45, 2.75) is 25.8 Å². The summed E-state index contributed by atoms with van der Waals surface area (Å²) in [5, 5.41) is 0.965. The molecular weight excluding hydrogens is 262 g/mol. The zero-order valence-corrected chi connectivity index (χ0v) is 12.8. The fraction of sp³-hybridized carbons (Fsp3) is 0.571. The Morgan fingerprint density at radius 2 is 2.00 bits per heavy atom. The molecule has 4 nitrogen and oxygen atoms in total. The van der Waals surface area contributed by atoms with Crippen molar-refractivity contribution >= 4 is 22.6 Å². The third-order valence-electron chi connectivity index (χ3n) is 3.45. The number of carbonyl (C=O) groups is 1. The summed E-state index contributed by atoms with van der Waals surface area (Å²) >= 11 is 1.59. The zero-order chi connectivity index (χ0) is 14.3. The van der Waals surface area contributed by atoms with Crippen molar-refractivity contribution < 1.29 is 14.3 Å². The molecule has 0 fully saturated rings. The van der Waals surface area contributed by atoms with Crippen LogP contribution < -0.4 is 0 Å². The van der Waals surface area contributed by atoms with E-state index >= 15 is 0 Å². The second-order valence-electron chi connectivity index (χ2n) is 5.35. The van der Waals surface area contributed by atoms with Gasteiger partial charge in [0.25, 0.3) is 0 Å². The van der Waals surface area contributed by atoms with Crippen LogP contribution in [-0.2, 0) is 14.3 Å². The molecule has 0 bridgehead atoms. The third-order valence-corrected chi connectivity index (χ3v) is 4.30. The first kappa shape index (κ1) is 14.2. The second kappa shape index (κ2) is 4.71. The first-order valence-electron chi connectivity index (χ1n) is 6.11. The van der Waals surface area contributed by atoms with Gasteiger partial charge >= 0.3 is 0 Å². The first-order chi connectivity index (χ1) is 8.90. The van der Waals surface area contributed by atoms with Crippen LogP contribution in [0, 0.1) is 5.41 Å². The monoisotopic (exact) mass is 281 g/mol. The Kier molecular flexibility index (Phi) is 3.51. The van der Waals surface area contributed by atoms with Crippen molar-refractivity contribution in [3.8, 4) is 0 Å². The molecule has 5 heteroatoms. The molecule has 1 aliphatic carbocycles. The largest absolute Gasteiger partial charge is 0.496 e. The van der Waals surface area contributed by atoms with Crippen molar-refractivity contribution in [3.63, 3.8) is 0 Å². The molecule has 19 heavy (non-hydrogen) atoms. The molecule has 1 atom stereocenters. The highest BCUT2D eigenvalue weighted by Crippen LogP contribution is 2.51.